The first kappa shape index (κ1) is 15.1. The van der Waals surface area contributed by atoms with Gasteiger partial charge in [-0.25, -0.2) is 0 Å². The topological polar surface area (TPSA) is 4.93 Å². The molecule has 0 aliphatic carbocycles. The molecule has 0 fully saturated rings. The minimum absolute atomic E-state index is 0.184. The summed E-state index contributed by atoms with van der Waals surface area (Å²) in [5, 5.41) is 0. The molecule has 0 radical (unpaired) electrons. The van der Waals surface area contributed by atoms with Crippen molar-refractivity contribution in [1.82, 2.24) is 4.57 Å². The van der Waals surface area contributed by atoms with Gasteiger partial charge in [-0.2, -0.15) is 0 Å². The Morgan fingerprint density at radius 1 is 0.818 bits per heavy atom. The number of hydrogen-bond acceptors (Lipinski definition) is 0. The van der Waals surface area contributed by atoms with Crippen LogP contribution in [0.5, 0.6) is 0 Å². The molecule has 0 aliphatic heterocycles. The number of rotatable bonds is 2. The number of benzene rings is 2. The zero-order valence-electron chi connectivity index (χ0n) is 13.2. The molecule has 112 valence electrons. The molecule has 3 aromatic rings. The second-order valence-corrected chi connectivity index (χ2v) is 7.48. The van der Waals surface area contributed by atoms with Crippen LogP contribution >= 0.6 is 15.9 Å². The van der Waals surface area contributed by atoms with E-state index in [0.29, 0.717) is 0 Å². The van der Waals surface area contributed by atoms with Crippen molar-refractivity contribution in [3.05, 3.63) is 76.9 Å². The molecule has 1 heterocycles. The molecule has 0 saturated carbocycles. The van der Waals surface area contributed by atoms with Gasteiger partial charge in [0, 0.05) is 16.4 Å². The third kappa shape index (κ3) is 3.02. The zero-order valence-corrected chi connectivity index (χ0v) is 14.8. The van der Waals surface area contributed by atoms with Crippen LogP contribution in [-0.4, -0.2) is 4.57 Å². The van der Waals surface area contributed by atoms with Gasteiger partial charge in [0.15, 0.2) is 0 Å². The Labute approximate surface area is 140 Å². The predicted molar refractivity (Wildman–Crippen MR) is 97.6 cm³/mol. The van der Waals surface area contributed by atoms with E-state index in [4.69, 9.17) is 0 Å². The van der Waals surface area contributed by atoms with Gasteiger partial charge in [-0.05, 0) is 52.9 Å². The van der Waals surface area contributed by atoms with Gasteiger partial charge in [0.05, 0.1) is 5.69 Å². The number of aromatic nitrogens is 1. The summed E-state index contributed by atoms with van der Waals surface area (Å²) < 4.78 is 3.33. The molecule has 0 spiro atoms. The van der Waals surface area contributed by atoms with Crippen LogP contribution < -0.4 is 0 Å². The predicted octanol–water partition coefficient (Wildman–Crippen LogP) is 6.20. The Morgan fingerprint density at radius 3 is 2.05 bits per heavy atom. The van der Waals surface area contributed by atoms with E-state index >= 15 is 0 Å². The van der Waals surface area contributed by atoms with Crippen molar-refractivity contribution in [2.75, 3.05) is 0 Å². The van der Waals surface area contributed by atoms with Crippen molar-refractivity contribution >= 4 is 15.9 Å². The highest BCUT2D eigenvalue weighted by Crippen LogP contribution is 2.27. The van der Waals surface area contributed by atoms with Crippen molar-refractivity contribution < 1.29 is 0 Å². The van der Waals surface area contributed by atoms with Crippen molar-refractivity contribution in [3.63, 3.8) is 0 Å². The molecular weight excluding hydrogens is 334 g/mol. The van der Waals surface area contributed by atoms with Gasteiger partial charge >= 0.3 is 0 Å². The lowest BCUT2D eigenvalue weighted by atomic mass is 9.87. The summed E-state index contributed by atoms with van der Waals surface area (Å²) in [6, 6.07) is 21.5. The summed E-state index contributed by atoms with van der Waals surface area (Å²) in [7, 11) is 0. The Balaban J connectivity index is 2.00. The lowest BCUT2D eigenvalue weighted by molar-refractivity contribution is 0.590. The molecule has 0 bridgehead atoms. The fraction of sp³-hybridized carbons (Fsp3) is 0.200. The van der Waals surface area contributed by atoms with Crippen LogP contribution in [0.2, 0.25) is 0 Å². The molecule has 0 atom stereocenters. The van der Waals surface area contributed by atoms with E-state index in [-0.39, 0.29) is 5.41 Å². The monoisotopic (exact) mass is 353 g/mol. The molecule has 0 N–H and O–H groups in total. The zero-order chi connectivity index (χ0) is 15.7. The second kappa shape index (κ2) is 5.77. The van der Waals surface area contributed by atoms with Gasteiger partial charge in [-0.3, -0.25) is 0 Å². The molecule has 1 nitrogen and oxygen atoms in total. The normalized spacial score (nSPS) is 11.6. The van der Waals surface area contributed by atoms with Crippen LogP contribution in [0.25, 0.3) is 16.9 Å². The van der Waals surface area contributed by atoms with Crippen LogP contribution in [0.4, 0.5) is 0 Å². The van der Waals surface area contributed by atoms with E-state index in [1.165, 1.54) is 22.5 Å². The molecule has 0 saturated heterocycles. The molecular formula is C20H20BrN. The summed E-state index contributed by atoms with van der Waals surface area (Å²) in [4.78, 5) is 0. The Morgan fingerprint density at radius 2 is 1.45 bits per heavy atom. The minimum Gasteiger partial charge on any atom is -0.317 e. The van der Waals surface area contributed by atoms with Gasteiger partial charge in [-0.1, -0.05) is 61.0 Å². The van der Waals surface area contributed by atoms with Crippen molar-refractivity contribution in [1.29, 1.82) is 0 Å². The van der Waals surface area contributed by atoms with E-state index in [0.717, 1.165) is 4.47 Å². The average Bonchev–Trinajstić information content (AvgIpc) is 2.97. The first-order chi connectivity index (χ1) is 10.4. The maximum absolute atomic E-state index is 3.49. The third-order valence-corrected chi connectivity index (χ3v) is 4.43. The van der Waals surface area contributed by atoms with Gasteiger partial charge < -0.3 is 4.57 Å². The van der Waals surface area contributed by atoms with Gasteiger partial charge in [0.1, 0.15) is 0 Å². The quantitative estimate of drug-likeness (QED) is 0.516. The van der Waals surface area contributed by atoms with E-state index in [9.17, 15) is 0 Å². The Kier molecular flexibility index (Phi) is 3.96. The number of halogens is 1. The van der Waals surface area contributed by atoms with Gasteiger partial charge in [-0.15, -0.1) is 0 Å². The van der Waals surface area contributed by atoms with Gasteiger partial charge in [0.2, 0.25) is 0 Å². The van der Waals surface area contributed by atoms with E-state index in [1.807, 2.05) is 0 Å². The first-order valence-electron chi connectivity index (χ1n) is 7.49. The number of hydrogen-bond donors (Lipinski definition) is 0. The maximum Gasteiger partial charge on any atom is 0.0528 e. The van der Waals surface area contributed by atoms with E-state index < -0.39 is 0 Å². The van der Waals surface area contributed by atoms with Crippen LogP contribution in [-0.2, 0) is 5.41 Å². The SMILES string of the molecule is CC(C)(C)c1ccc(-n2cccc2-c2ccc(Br)cc2)cc1. The summed E-state index contributed by atoms with van der Waals surface area (Å²) in [6.07, 6.45) is 2.11. The summed E-state index contributed by atoms with van der Waals surface area (Å²) in [5.41, 5.74) is 5.15. The lowest BCUT2D eigenvalue weighted by Crippen LogP contribution is -2.10. The molecule has 2 heteroatoms. The van der Waals surface area contributed by atoms with Crippen molar-refractivity contribution in [2.45, 2.75) is 26.2 Å². The summed E-state index contributed by atoms with van der Waals surface area (Å²) in [5.74, 6) is 0. The van der Waals surface area contributed by atoms with E-state index in [2.05, 4.69) is 108 Å². The smallest absolute Gasteiger partial charge is 0.0528 e. The molecule has 0 unspecified atom stereocenters. The van der Waals surface area contributed by atoms with Crippen molar-refractivity contribution in [2.24, 2.45) is 0 Å². The van der Waals surface area contributed by atoms with Crippen LogP contribution in [0.3, 0.4) is 0 Å². The molecule has 2 aromatic carbocycles. The maximum atomic E-state index is 3.49. The minimum atomic E-state index is 0.184. The molecule has 22 heavy (non-hydrogen) atoms. The highest BCUT2D eigenvalue weighted by atomic mass is 79.9. The highest BCUT2D eigenvalue weighted by Gasteiger charge is 2.13. The molecule has 0 amide bonds. The average molecular weight is 354 g/mol. The molecule has 3 rings (SSSR count). The lowest BCUT2D eigenvalue weighted by Gasteiger charge is -2.19. The van der Waals surface area contributed by atoms with E-state index in [1.54, 1.807) is 0 Å². The van der Waals surface area contributed by atoms with Crippen LogP contribution in [0.15, 0.2) is 71.3 Å². The van der Waals surface area contributed by atoms with Crippen LogP contribution in [0.1, 0.15) is 26.3 Å². The highest BCUT2D eigenvalue weighted by molar-refractivity contribution is 9.10. The van der Waals surface area contributed by atoms with Crippen molar-refractivity contribution in [3.8, 4) is 16.9 Å². The fourth-order valence-corrected chi connectivity index (χ4v) is 2.85. The van der Waals surface area contributed by atoms with Crippen LogP contribution in [0, 0.1) is 0 Å². The number of nitrogens with zero attached hydrogens (tertiary/aromatic N) is 1. The summed E-state index contributed by atoms with van der Waals surface area (Å²) >= 11 is 3.49. The Hall–Kier alpha value is -1.80. The summed E-state index contributed by atoms with van der Waals surface area (Å²) in [6.45, 7) is 6.72. The standard InChI is InChI=1S/C20H20BrN/c1-20(2,3)16-8-12-18(13-9-16)22-14-4-5-19(22)15-6-10-17(21)11-7-15/h4-14H,1-3H3. The molecule has 0 aliphatic rings. The second-order valence-electron chi connectivity index (χ2n) is 6.57. The molecule has 1 aromatic heterocycles. The fourth-order valence-electron chi connectivity index (χ4n) is 2.58. The first-order valence-corrected chi connectivity index (χ1v) is 8.29. The Bertz CT molecular complexity index is 759. The largest absolute Gasteiger partial charge is 0.317 e. The van der Waals surface area contributed by atoms with Gasteiger partial charge in [0.25, 0.3) is 0 Å². The third-order valence-electron chi connectivity index (χ3n) is 3.90.